The van der Waals surface area contributed by atoms with E-state index in [1.807, 2.05) is 49.4 Å². The SMILES string of the molecule is CCOc1cc(C(NC(=O)C(OC(C)C)C(C)C(N)=O)c2ccccc2)ccc1OC. The fraction of sp³-hybridized carbons (Fsp3) is 0.417. The minimum Gasteiger partial charge on any atom is -0.493 e. The molecule has 31 heavy (non-hydrogen) atoms. The largest absolute Gasteiger partial charge is 0.493 e. The molecule has 0 aliphatic heterocycles. The van der Waals surface area contributed by atoms with Gasteiger partial charge in [-0.15, -0.1) is 0 Å². The van der Waals surface area contributed by atoms with Gasteiger partial charge in [-0.2, -0.15) is 0 Å². The van der Waals surface area contributed by atoms with Crippen molar-refractivity contribution in [2.24, 2.45) is 11.7 Å². The molecule has 0 spiro atoms. The first kappa shape index (κ1) is 24.2. The quantitative estimate of drug-likeness (QED) is 0.572. The maximum atomic E-state index is 13.2. The molecule has 0 bridgehead atoms. The van der Waals surface area contributed by atoms with Crippen molar-refractivity contribution in [1.82, 2.24) is 5.32 Å². The molecule has 168 valence electrons. The lowest BCUT2D eigenvalue weighted by Gasteiger charge is -2.27. The van der Waals surface area contributed by atoms with Gasteiger partial charge in [0.1, 0.15) is 6.10 Å². The number of hydrogen-bond donors (Lipinski definition) is 2. The molecule has 0 aliphatic rings. The van der Waals surface area contributed by atoms with E-state index in [9.17, 15) is 9.59 Å². The molecule has 3 N–H and O–H groups in total. The van der Waals surface area contributed by atoms with Gasteiger partial charge < -0.3 is 25.3 Å². The summed E-state index contributed by atoms with van der Waals surface area (Å²) in [4.78, 5) is 25.0. The normalized spacial score (nSPS) is 13.9. The summed E-state index contributed by atoms with van der Waals surface area (Å²) in [7, 11) is 1.58. The summed E-state index contributed by atoms with van der Waals surface area (Å²) in [5, 5.41) is 3.03. The van der Waals surface area contributed by atoms with Crippen molar-refractivity contribution in [3.63, 3.8) is 0 Å². The topological polar surface area (TPSA) is 99.9 Å². The molecule has 0 heterocycles. The summed E-state index contributed by atoms with van der Waals surface area (Å²) < 4.78 is 16.8. The lowest BCUT2D eigenvalue weighted by atomic mass is 9.96. The number of nitrogens with one attached hydrogen (secondary N) is 1. The molecule has 0 aliphatic carbocycles. The van der Waals surface area contributed by atoms with Crippen LogP contribution in [0, 0.1) is 5.92 Å². The molecule has 0 saturated heterocycles. The van der Waals surface area contributed by atoms with Gasteiger partial charge in [0.25, 0.3) is 5.91 Å². The van der Waals surface area contributed by atoms with E-state index in [4.69, 9.17) is 19.9 Å². The van der Waals surface area contributed by atoms with Crippen LogP contribution in [-0.4, -0.2) is 37.7 Å². The summed E-state index contributed by atoms with van der Waals surface area (Å²) in [6, 6.07) is 14.6. The van der Waals surface area contributed by atoms with Gasteiger partial charge in [-0.05, 0) is 44.0 Å². The monoisotopic (exact) mass is 428 g/mol. The van der Waals surface area contributed by atoms with Gasteiger partial charge in [0, 0.05) is 0 Å². The average Bonchev–Trinajstić information content (AvgIpc) is 2.75. The van der Waals surface area contributed by atoms with Gasteiger partial charge in [-0.25, -0.2) is 0 Å². The molecule has 2 rings (SSSR count). The molecule has 2 aromatic carbocycles. The number of rotatable bonds is 11. The molecule has 0 saturated carbocycles. The van der Waals surface area contributed by atoms with Crippen LogP contribution in [0.15, 0.2) is 48.5 Å². The molecule has 7 heteroatoms. The number of ether oxygens (including phenoxy) is 3. The van der Waals surface area contributed by atoms with Crippen LogP contribution in [0.3, 0.4) is 0 Å². The fourth-order valence-electron chi connectivity index (χ4n) is 3.22. The number of hydrogen-bond acceptors (Lipinski definition) is 5. The predicted octanol–water partition coefficient (Wildman–Crippen LogP) is 3.21. The predicted molar refractivity (Wildman–Crippen MR) is 119 cm³/mol. The van der Waals surface area contributed by atoms with Crippen LogP contribution in [0.2, 0.25) is 0 Å². The first-order chi connectivity index (χ1) is 14.8. The zero-order chi connectivity index (χ0) is 23.0. The Morgan fingerprint density at radius 2 is 1.68 bits per heavy atom. The van der Waals surface area contributed by atoms with Crippen LogP contribution in [0.4, 0.5) is 0 Å². The summed E-state index contributed by atoms with van der Waals surface area (Å²) >= 11 is 0. The Kier molecular flexibility index (Phi) is 8.88. The van der Waals surface area contributed by atoms with Crippen molar-refractivity contribution in [1.29, 1.82) is 0 Å². The second kappa shape index (κ2) is 11.4. The van der Waals surface area contributed by atoms with Gasteiger partial charge in [0.2, 0.25) is 5.91 Å². The molecule has 0 aromatic heterocycles. The molecule has 3 atom stereocenters. The standard InChI is InChI=1S/C24H32N2O5/c1-6-30-20-14-18(12-13-19(20)29-5)21(17-10-8-7-9-11-17)26-24(28)22(31-15(2)3)16(4)23(25)27/h7-16,21-22H,6H2,1-5H3,(H2,25,27)(H,26,28). The molecular weight excluding hydrogens is 396 g/mol. The fourth-order valence-corrected chi connectivity index (χ4v) is 3.22. The highest BCUT2D eigenvalue weighted by Gasteiger charge is 2.32. The van der Waals surface area contributed by atoms with Gasteiger partial charge >= 0.3 is 0 Å². The number of carbonyl (C=O) groups is 2. The van der Waals surface area contributed by atoms with Crippen molar-refractivity contribution in [3.8, 4) is 11.5 Å². The molecular formula is C24H32N2O5. The summed E-state index contributed by atoms with van der Waals surface area (Å²) in [6.07, 6.45) is -1.26. The van der Waals surface area contributed by atoms with E-state index in [1.54, 1.807) is 33.9 Å². The molecule has 0 fully saturated rings. The van der Waals surface area contributed by atoms with E-state index >= 15 is 0 Å². The molecule has 7 nitrogen and oxygen atoms in total. The van der Waals surface area contributed by atoms with E-state index in [2.05, 4.69) is 5.32 Å². The number of benzene rings is 2. The second-order valence-electron chi connectivity index (χ2n) is 7.49. The van der Waals surface area contributed by atoms with E-state index < -0.39 is 29.9 Å². The minimum atomic E-state index is -1.01. The number of carbonyl (C=O) groups excluding carboxylic acids is 2. The highest BCUT2D eigenvalue weighted by Crippen LogP contribution is 2.33. The van der Waals surface area contributed by atoms with Gasteiger partial charge in [-0.3, -0.25) is 9.59 Å². The van der Waals surface area contributed by atoms with Crippen LogP contribution >= 0.6 is 0 Å². The minimum absolute atomic E-state index is 0.252. The summed E-state index contributed by atoms with van der Waals surface area (Å²) in [5.74, 6) is -0.610. The zero-order valence-electron chi connectivity index (χ0n) is 18.8. The Bertz CT molecular complexity index is 870. The summed E-state index contributed by atoms with van der Waals surface area (Å²) in [5.41, 5.74) is 7.14. The number of primary amides is 1. The third kappa shape index (κ3) is 6.46. The smallest absolute Gasteiger partial charge is 0.250 e. The maximum Gasteiger partial charge on any atom is 0.250 e. The highest BCUT2D eigenvalue weighted by molar-refractivity contribution is 5.89. The van der Waals surface area contributed by atoms with Crippen LogP contribution in [0.25, 0.3) is 0 Å². The van der Waals surface area contributed by atoms with Crippen molar-refractivity contribution >= 4 is 11.8 Å². The van der Waals surface area contributed by atoms with E-state index in [1.165, 1.54) is 0 Å². The van der Waals surface area contributed by atoms with Crippen LogP contribution in [-0.2, 0) is 14.3 Å². The van der Waals surface area contributed by atoms with Gasteiger partial charge in [0.05, 0.1) is 31.8 Å². The van der Waals surface area contributed by atoms with Crippen molar-refractivity contribution in [3.05, 3.63) is 59.7 Å². The number of amides is 2. The third-order valence-electron chi connectivity index (χ3n) is 4.82. The van der Waals surface area contributed by atoms with Crippen LogP contribution < -0.4 is 20.5 Å². The molecule has 0 radical (unpaired) electrons. The maximum absolute atomic E-state index is 13.2. The van der Waals surface area contributed by atoms with Crippen molar-refractivity contribution in [2.75, 3.05) is 13.7 Å². The van der Waals surface area contributed by atoms with Crippen LogP contribution in [0.1, 0.15) is 44.9 Å². The Morgan fingerprint density at radius 1 is 1.00 bits per heavy atom. The van der Waals surface area contributed by atoms with E-state index in [0.29, 0.717) is 18.1 Å². The molecule has 3 unspecified atom stereocenters. The van der Waals surface area contributed by atoms with E-state index in [0.717, 1.165) is 11.1 Å². The van der Waals surface area contributed by atoms with Gasteiger partial charge in [-0.1, -0.05) is 43.3 Å². The van der Waals surface area contributed by atoms with E-state index in [-0.39, 0.29) is 6.10 Å². The Labute approximate surface area is 183 Å². The first-order valence-electron chi connectivity index (χ1n) is 10.4. The lowest BCUT2D eigenvalue weighted by Crippen LogP contribution is -2.47. The first-order valence-corrected chi connectivity index (χ1v) is 10.4. The number of methoxy groups -OCH3 is 1. The molecule has 2 aromatic rings. The van der Waals surface area contributed by atoms with Crippen molar-refractivity contribution < 1.29 is 23.8 Å². The Hall–Kier alpha value is -3.06. The second-order valence-corrected chi connectivity index (χ2v) is 7.49. The summed E-state index contributed by atoms with van der Waals surface area (Å²) in [6.45, 7) is 7.57. The molecule has 2 amide bonds. The van der Waals surface area contributed by atoms with Gasteiger partial charge in [0.15, 0.2) is 11.5 Å². The average molecular weight is 429 g/mol. The van der Waals surface area contributed by atoms with Crippen molar-refractivity contribution in [2.45, 2.75) is 45.9 Å². The lowest BCUT2D eigenvalue weighted by molar-refractivity contribution is -0.145. The third-order valence-corrected chi connectivity index (χ3v) is 4.82. The number of nitrogens with two attached hydrogens (primary N) is 1. The zero-order valence-corrected chi connectivity index (χ0v) is 18.8. The Morgan fingerprint density at radius 3 is 2.23 bits per heavy atom. The highest BCUT2D eigenvalue weighted by atomic mass is 16.5. The van der Waals surface area contributed by atoms with Crippen LogP contribution in [0.5, 0.6) is 11.5 Å². The Balaban J connectivity index is 2.44.